The third-order valence-corrected chi connectivity index (χ3v) is 3.87. The first-order chi connectivity index (χ1) is 12.5. The van der Waals surface area contributed by atoms with E-state index in [4.69, 9.17) is 4.42 Å². The number of aromatic nitrogens is 1. The van der Waals surface area contributed by atoms with Crippen molar-refractivity contribution in [2.75, 3.05) is 5.32 Å². The van der Waals surface area contributed by atoms with E-state index in [2.05, 4.69) is 10.3 Å². The van der Waals surface area contributed by atoms with E-state index in [1.54, 1.807) is 30.5 Å². The van der Waals surface area contributed by atoms with Gasteiger partial charge in [-0.2, -0.15) is 0 Å². The fourth-order valence-electron chi connectivity index (χ4n) is 2.61. The minimum absolute atomic E-state index is 0.00206. The third-order valence-electron chi connectivity index (χ3n) is 3.87. The minimum Gasteiger partial charge on any atom is -0.508 e. The SMILES string of the molecule is Cc1ccnc(N[C@@H](c2ccccc2O)c2oc(CO)cc(=O)c2O)c1. The van der Waals surface area contributed by atoms with E-state index in [0.717, 1.165) is 11.6 Å². The van der Waals surface area contributed by atoms with Crippen molar-refractivity contribution in [3.8, 4) is 11.5 Å². The molecule has 0 saturated carbocycles. The highest BCUT2D eigenvalue weighted by Crippen LogP contribution is 2.35. The van der Waals surface area contributed by atoms with Crippen molar-refractivity contribution in [3.05, 3.63) is 81.5 Å². The van der Waals surface area contributed by atoms with Crippen LogP contribution in [0.5, 0.6) is 11.5 Å². The second-order valence-corrected chi connectivity index (χ2v) is 5.80. The van der Waals surface area contributed by atoms with E-state index in [1.165, 1.54) is 6.07 Å². The van der Waals surface area contributed by atoms with Gasteiger partial charge in [0.05, 0.1) is 0 Å². The Hall–Kier alpha value is -3.32. The molecule has 0 aliphatic heterocycles. The number of rotatable bonds is 5. The molecule has 0 aliphatic rings. The zero-order valence-corrected chi connectivity index (χ0v) is 14.0. The van der Waals surface area contributed by atoms with E-state index in [0.29, 0.717) is 11.4 Å². The molecule has 2 heterocycles. The summed E-state index contributed by atoms with van der Waals surface area (Å²) < 4.78 is 5.51. The van der Waals surface area contributed by atoms with E-state index in [-0.39, 0.29) is 17.3 Å². The predicted molar refractivity (Wildman–Crippen MR) is 95.1 cm³/mol. The number of anilines is 1. The van der Waals surface area contributed by atoms with Crippen LogP contribution in [0.15, 0.2) is 57.9 Å². The van der Waals surface area contributed by atoms with Gasteiger partial charge in [0.15, 0.2) is 5.76 Å². The molecule has 0 bridgehead atoms. The Kier molecular flexibility index (Phi) is 4.90. The summed E-state index contributed by atoms with van der Waals surface area (Å²) in [5, 5.41) is 32.9. The molecule has 7 heteroatoms. The standard InChI is InChI=1S/C19H18N2O5/c1-11-6-7-20-16(8-11)21-17(13-4-2-3-5-14(13)23)19-18(25)15(24)9-12(10-22)26-19/h2-9,17,22-23,25H,10H2,1H3,(H,20,21)/t17-/m0/s1. The number of hydrogen-bond donors (Lipinski definition) is 4. The maximum atomic E-state index is 12.0. The lowest BCUT2D eigenvalue weighted by Gasteiger charge is -2.21. The summed E-state index contributed by atoms with van der Waals surface area (Å²) >= 11 is 0. The summed E-state index contributed by atoms with van der Waals surface area (Å²) in [4.78, 5) is 16.2. The third kappa shape index (κ3) is 3.52. The van der Waals surface area contributed by atoms with Crippen LogP contribution >= 0.6 is 0 Å². The molecule has 0 aliphatic carbocycles. The fourth-order valence-corrected chi connectivity index (χ4v) is 2.61. The van der Waals surface area contributed by atoms with E-state index < -0.39 is 23.8 Å². The summed E-state index contributed by atoms with van der Waals surface area (Å²) in [5.74, 6) is -0.298. The lowest BCUT2D eigenvalue weighted by Crippen LogP contribution is -2.17. The van der Waals surface area contributed by atoms with Gasteiger partial charge in [-0.15, -0.1) is 0 Å². The number of aryl methyl sites for hydroxylation is 1. The van der Waals surface area contributed by atoms with E-state index in [1.807, 2.05) is 13.0 Å². The van der Waals surface area contributed by atoms with Crippen molar-refractivity contribution >= 4 is 5.82 Å². The first kappa shape index (κ1) is 17.5. The molecule has 0 radical (unpaired) electrons. The predicted octanol–water partition coefficient (Wildman–Crippen LogP) is 2.45. The quantitative estimate of drug-likeness (QED) is 0.556. The number of aromatic hydroxyl groups is 2. The number of pyridine rings is 1. The number of nitrogens with one attached hydrogen (secondary N) is 1. The maximum Gasteiger partial charge on any atom is 0.227 e. The molecule has 0 spiro atoms. The highest BCUT2D eigenvalue weighted by molar-refractivity contribution is 5.49. The Morgan fingerprint density at radius 2 is 1.96 bits per heavy atom. The molecule has 0 unspecified atom stereocenters. The lowest BCUT2D eigenvalue weighted by atomic mass is 10.0. The van der Waals surface area contributed by atoms with Crippen LogP contribution < -0.4 is 10.7 Å². The van der Waals surface area contributed by atoms with Crippen molar-refractivity contribution in [2.24, 2.45) is 0 Å². The van der Waals surface area contributed by atoms with E-state index >= 15 is 0 Å². The molecule has 0 fully saturated rings. The van der Waals surface area contributed by atoms with Gasteiger partial charge in [0.1, 0.15) is 30.0 Å². The van der Waals surface area contributed by atoms with Crippen LogP contribution in [0.3, 0.4) is 0 Å². The van der Waals surface area contributed by atoms with Gasteiger partial charge < -0.3 is 25.1 Å². The Morgan fingerprint density at radius 1 is 1.19 bits per heavy atom. The molecule has 7 nitrogen and oxygen atoms in total. The molecule has 3 aromatic rings. The largest absolute Gasteiger partial charge is 0.508 e. The van der Waals surface area contributed by atoms with Crippen LogP contribution in [0.4, 0.5) is 5.82 Å². The molecule has 1 atom stereocenters. The Balaban J connectivity index is 2.17. The number of nitrogens with zero attached hydrogens (tertiary/aromatic N) is 1. The van der Waals surface area contributed by atoms with Crippen LogP contribution in [-0.4, -0.2) is 20.3 Å². The number of aliphatic hydroxyl groups excluding tert-OH is 1. The molecule has 2 aromatic heterocycles. The molecule has 1 aromatic carbocycles. The number of hydrogen-bond acceptors (Lipinski definition) is 7. The van der Waals surface area contributed by atoms with Gasteiger partial charge in [-0.05, 0) is 30.7 Å². The molecule has 26 heavy (non-hydrogen) atoms. The van der Waals surface area contributed by atoms with Gasteiger partial charge in [0, 0.05) is 17.8 Å². The highest BCUT2D eigenvalue weighted by Gasteiger charge is 2.26. The summed E-state index contributed by atoms with van der Waals surface area (Å²) in [6.07, 6.45) is 1.61. The summed E-state index contributed by atoms with van der Waals surface area (Å²) in [7, 11) is 0. The average molecular weight is 354 g/mol. The van der Waals surface area contributed by atoms with Crippen LogP contribution in [0.1, 0.15) is 28.7 Å². The van der Waals surface area contributed by atoms with Gasteiger partial charge in [0.2, 0.25) is 11.2 Å². The minimum atomic E-state index is -0.898. The van der Waals surface area contributed by atoms with Crippen molar-refractivity contribution in [2.45, 2.75) is 19.6 Å². The van der Waals surface area contributed by atoms with Crippen LogP contribution in [0.2, 0.25) is 0 Å². The zero-order valence-electron chi connectivity index (χ0n) is 14.0. The van der Waals surface area contributed by atoms with Gasteiger partial charge in [-0.25, -0.2) is 4.98 Å². The second-order valence-electron chi connectivity index (χ2n) is 5.80. The maximum absolute atomic E-state index is 12.0. The van der Waals surface area contributed by atoms with Gasteiger partial charge >= 0.3 is 0 Å². The van der Waals surface area contributed by atoms with Gasteiger partial charge in [-0.3, -0.25) is 4.79 Å². The topological polar surface area (TPSA) is 116 Å². The van der Waals surface area contributed by atoms with Crippen LogP contribution in [-0.2, 0) is 6.61 Å². The van der Waals surface area contributed by atoms with E-state index in [9.17, 15) is 20.1 Å². The van der Waals surface area contributed by atoms with Crippen LogP contribution in [0.25, 0.3) is 0 Å². The Bertz CT molecular complexity index is 984. The Morgan fingerprint density at radius 3 is 2.65 bits per heavy atom. The van der Waals surface area contributed by atoms with Crippen LogP contribution in [0, 0.1) is 6.92 Å². The fraction of sp³-hybridized carbons (Fsp3) is 0.158. The van der Waals surface area contributed by atoms with Crippen molar-refractivity contribution in [1.29, 1.82) is 0 Å². The number of para-hydroxylation sites is 1. The molecule has 134 valence electrons. The molecule has 4 N–H and O–H groups in total. The normalized spacial score (nSPS) is 11.9. The summed E-state index contributed by atoms with van der Waals surface area (Å²) in [6.45, 7) is 1.39. The van der Waals surface area contributed by atoms with Gasteiger partial charge in [0.25, 0.3) is 0 Å². The summed E-state index contributed by atoms with van der Waals surface area (Å²) in [5.41, 5.74) is 0.646. The molecule has 3 rings (SSSR count). The monoisotopic (exact) mass is 354 g/mol. The lowest BCUT2D eigenvalue weighted by molar-refractivity contribution is 0.234. The second kappa shape index (κ2) is 7.28. The number of aliphatic hydroxyl groups is 1. The Labute approximate surface area is 149 Å². The zero-order chi connectivity index (χ0) is 18.7. The molecular weight excluding hydrogens is 336 g/mol. The average Bonchev–Trinajstić information content (AvgIpc) is 2.63. The first-order valence-corrected chi connectivity index (χ1v) is 7.93. The van der Waals surface area contributed by atoms with Gasteiger partial charge in [-0.1, -0.05) is 18.2 Å². The van der Waals surface area contributed by atoms with Crippen molar-refractivity contribution in [1.82, 2.24) is 4.98 Å². The number of benzene rings is 1. The number of phenols is 1. The molecule has 0 saturated heterocycles. The first-order valence-electron chi connectivity index (χ1n) is 7.93. The molecule has 0 amide bonds. The molecular formula is C19H18N2O5. The van der Waals surface area contributed by atoms with Crippen molar-refractivity contribution < 1.29 is 19.7 Å². The summed E-state index contributed by atoms with van der Waals surface area (Å²) in [6, 6.07) is 10.2. The number of phenolic OH excluding ortho intramolecular Hbond substituents is 1. The highest BCUT2D eigenvalue weighted by atomic mass is 16.4. The smallest absolute Gasteiger partial charge is 0.227 e. The van der Waals surface area contributed by atoms with Crippen molar-refractivity contribution in [3.63, 3.8) is 0 Å².